The second kappa shape index (κ2) is 5.19. The first-order valence-corrected chi connectivity index (χ1v) is 6.69. The van der Waals surface area contributed by atoms with E-state index in [0.717, 1.165) is 13.1 Å². The first-order valence-electron chi connectivity index (χ1n) is 6.69. The van der Waals surface area contributed by atoms with Gasteiger partial charge in [0.2, 0.25) is 0 Å². The topological polar surface area (TPSA) is 29.3 Å². The summed E-state index contributed by atoms with van der Waals surface area (Å²) >= 11 is 0. The molecule has 1 heterocycles. The summed E-state index contributed by atoms with van der Waals surface area (Å²) in [5, 5.41) is 0. The average Bonchev–Trinajstić information content (AvgIpc) is 2.75. The lowest BCUT2D eigenvalue weighted by Gasteiger charge is -2.29. The minimum absolute atomic E-state index is 0.532. The fourth-order valence-electron chi connectivity index (χ4n) is 3.07. The lowest BCUT2D eigenvalue weighted by molar-refractivity contribution is 0.241. The third-order valence-electron chi connectivity index (χ3n) is 4.30. The van der Waals surface area contributed by atoms with Gasteiger partial charge in [-0.25, -0.2) is 0 Å². The van der Waals surface area contributed by atoms with Gasteiger partial charge in [0.15, 0.2) is 0 Å². The zero-order chi connectivity index (χ0) is 12.4. The summed E-state index contributed by atoms with van der Waals surface area (Å²) in [5.74, 6) is 0.621. The van der Waals surface area contributed by atoms with Gasteiger partial charge in [0.05, 0.1) is 0 Å². The monoisotopic (exact) mass is 232 g/mol. The van der Waals surface area contributed by atoms with Crippen LogP contribution in [0.3, 0.4) is 0 Å². The van der Waals surface area contributed by atoms with Crippen molar-refractivity contribution in [1.82, 2.24) is 4.90 Å². The number of benzene rings is 1. The van der Waals surface area contributed by atoms with Crippen molar-refractivity contribution in [2.45, 2.75) is 33.2 Å². The van der Waals surface area contributed by atoms with E-state index >= 15 is 0 Å². The van der Waals surface area contributed by atoms with Crippen molar-refractivity contribution in [2.75, 3.05) is 19.6 Å². The zero-order valence-electron chi connectivity index (χ0n) is 11.2. The predicted octanol–water partition coefficient (Wildman–Crippen LogP) is 2.65. The molecule has 0 aliphatic carbocycles. The molecule has 0 radical (unpaired) electrons. The van der Waals surface area contributed by atoms with Gasteiger partial charge in [-0.05, 0) is 62.5 Å². The molecule has 2 N–H and O–H groups in total. The van der Waals surface area contributed by atoms with E-state index in [-0.39, 0.29) is 0 Å². The Morgan fingerprint density at radius 2 is 2.12 bits per heavy atom. The zero-order valence-corrected chi connectivity index (χ0v) is 11.2. The Morgan fingerprint density at radius 1 is 1.35 bits per heavy atom. The molecule has 2 unspecified atom stereocenters. The molecule has 1 fully saturated rings. The number of rotatable bonds is 3. The Morgan fingerprint density at radius 3 is 2.76 bits per heavy atom. The summed E-state index contributed by atoms with van der Waals surface area (Å²) in [5.41, 5.74) is 10.3. The van der Waals surface area contributed by atoms with Crippen LogP contribution in [0.2, 0.25) is 0 Å². The van der Waals surface area contributed by atoms with Crippen LogP contribution < -0.4 is 5.73 Å². The van der Waals surface area contributed by atoms with Crippen LogP contribution in [0.1, 0.15) is 36.1 Å². The van der Waals surface area contributed by atoms with Gasteiger partial charge in [0.1, 0.15) is 0 Å². The summed E-state index contributed by atoms with van der Waals surface area (Å²) in [6, 6.07) is 7.19. The minimum atomic E-state index is 0.532. The van der Waals surface area contributed by atoms with Crippen molar-refractivity contribution in [3.8, 4) is 0 Å². The quantitative estimate of drug-likeness (QED) is 0.868. The predicted molar refractivity (Wildman–Crippen MR) is 73.1 cm³/mol. The number of hydrogen-bond donors (Lipinski definition) is 1. The van der Waals surface area contributed by atoms with Crippen molar-refractivity contribution >= 4 is 0 Å². The third-order valence-corrected chi connectivity index (χ3v) is 4.30. The molecule has 1 aromatic carbocycles. The van der Waals surface area contributed by atoms with Gasteiger partial charge >= 0.3 is 0 Å². The highest BCUT2D eigenvalue weighted by molar-refractivity contribution is 5.36. The molecule has 0 amide bonds. The van der Waals surface area contributed by atoms with Crippen molar-refractivity contribution in [2.24, 2.45) is 11.7 Å². The van der Waals surface area contributed by atoms with Gasteiger partial charge in [-0.3, -0.25) is 4.90 Å². The molecule has 0 bridgehead atoms. The van der Waals surface area contributed by atoms with Crippen LogP contribution in [0.15, 0.2) is 18.2 Å². The Kier molecular flexibility index (Phi) is 3.85. The standard InChI is InChI=1S/C15H24N2/c1-4-17-9-8-13(10-16)15(17)14-7-5-6-11(2)12(14)3/h5-7,13,15H,4,8-10,16H2,1-3H3. The Balaban J connectivity index is 2.38. The van der Waals surface area contributed by atoms with Gasteiger partial charge in [-0.1, -0.05) is 25.1 Å². The van der Waals surface area contributed by atoms with E-state index in [1.807, 2.05) is 0 Å². The second-order valence-corrected chi connectivity index (χ2v) is 5.15. The van der Waals surface area contributed by atoms with Gasteiger partial charge in [0.25, 0.3) is 0 Å². The van der Waals surface area contributed by atoms with Crippen LogP contribution in [-0.2, 0) is 0 Å². The fraction of sp³-hybridized carbons (Fsp3) is 0.600. The number of nitrogens with two attached hydrogens (primary N) is 1. The van der Waals surface area contributed by atoms with E-state index in [4.69, 9.17) is 5.73 Å². The van der Waals surface area contributed by atoms with Crippen LogP contribution >= 0.6 is 0 Å². The van der Waals surface area contributed by atoms with Crippen molar-refractivity contribution in [3.05, 3.63) is 34.9 Å². The lowest BCUT2D eigenvalue weighted by atomic mass is 9.89. The Hall–Kier alpha value is -0.860. The maximum Gasteiger partial charge on any atom is 0.0391 e. The summed E-state index contributed by atoms with van der Waals surface area (Å²) in [4.78, 5) is 2.57. The van der Waals surface area contributed by atoms with E-state index in [1.165, 1.54) is 29.7 Å². The van der Waals surface area contributed by atoms with Crippen LogP contribution in [0.4, 0.5) is 0 Å². The van der Waals surface area contributed by atoms with E-state index in [9.17, 15) is 0 Å². The normalized spacial score (nSPS) is 25.4. The molecule has 17 heavy (non-hydrogen) atoms. The van der Waals surface area contributed by atoms with Gasteiger partial charge in [0, 0.05) is 6.04 Å². The maximum absolute atomic E-state index is 5.94. The summed E-state index contributed by atoms with van der Waals surface area (Å²) in [6.07, 6.45) is 1.24. The molecule has 1 aliphatic heterocycles. The Bertz CT molecular complexity index is 375. The molecule has 1 aromatic rings. The van der Waals surface area contributed by atoms with E-state index < -0.39 is 0 Å². The highest BCUT2D eigenvalue weighted by atomic mass is 15.2. The molecule has 2 nitrogen and oxygen atoms in total. The number of aryl methyl sites for hydroxylation is 1. The van der Waals surface area contributed by atoms with Gasteiger partial charge in [-0.2, -0.15) is 0 Å². The van der Waals surface area contributed by atoms with Crippen molar-refractivity contribution in [3.63, 3.8) is 0 Å². The molecule has 1 aliphatic rings. The van der Waals surface area contributed by atoms with Crippen LogP contribution in [0, 0.1) is 19.8 Å². The first kappa shape index (κ1) is 12.6. The molecule has 0 saturated carbocycles. The summed E-state index contributed by atoms with van der Waals surface area (Å²) in [6.45, 7) is 9.79. The molecular formula is C15H24N2. The third kappa shape index (κ3) is 2.24. The fourth-order valence-corrected chi connectivity index (χ4v) is 3.07. The number of hydrogen-bond acceptors (Lipinski definition) is 2. The highest BCUT2D eigenvalue weighted by Crippen LogP contribution is 2.38. The minimum Gasteiger partial charge on any atom is -0.330 e. The average molecular weight is 232 g/mol. The molecular weight excluding hydrogens is 208 g/mol. The molecule has 2 heteroatoms. The Labute approximate surface area is 105 Å². The summed E-state index contributed by atoms with van der Waals surface area (Å²) < 4.78 is 0. The molecule has 2 atom stereocenters. The number of likely N-dealkylation sites (tertiary alicyclic amines) is 1. The van der Waals surface area contributed by atoms with Crippen LogP contribution in [-0.4, -0.2) is 24.5 Å². The van der Waals surface area contributed by atoms with Crippen LogP contribution in [0.25, 0.3) is 0 Å². The highest BCUT2D eigenvalue weighted by Gasteiger charge is 2.34. The first-order chi connectivity index (χ1) is 8.19. The lowest BCUT2D eigenvalue weighted by Crippen LogP contribution is -2.28. The largest absolute Gasteiger partial charge is 0.330 e. The van der Waals surface area contributed by atoms with E-state index in [1.54, 1.807) is 0 Å². The smallest absolute Gasteiger partial charge is 0.0391 e. The SMILES string of the molecule is CCN1CCC(CN)C1c1cccc(C)c1C. The molecule has 0 aromatic heterocycles. The van der Waals surface area contributed by atoms with E-state index in [2.05, 4.69) is 43.9 Å². The van der Waals surface area contributed by atoms with Crippen molar-refractivity contribution in [1.29, 1.82) is 0 Å². The maximum atomic E-state index is 5.94. The molecule has 1 saturated heterocycles. The van der Waals surface area contributed by atoms with E-state index in [0.29, 0.717) is 12.0 Å². The summed E-state index contributed by atoms with van der Waals surface area (Å²) in [7, 11) is 0. The molecule has 94 valence electrons. The van der Waals surface area contributed by atoms with Gasteiger partial charge < -0.3 is 5.73 Å². The van der Waals surface area contributed by atoms with Crippen LogP contribution in [0.5, 0.6) is 0 Å². The molecule has 0 spiro atoms. The second-order valence-electron chi connectivity index (χ2n) is 5.15. The number of nitrogens with zero attached hydrogens (tertiary/aromatic N) is 1. The van der Waals surface area contributed by atoms with Crippen molar-refractivity contribution < 1.29 is 0 Å². The molecule has 2 rings (SSSR count). The van der Waals surface area contributed by atoms with Gasteiger partial charge in [-0.15, -0.1) is 0 Å².